The number of aromatic hydroxyl groups is 1. The first-order valence-corrected chi connectivity index (χ1v) is 9.31. The Labute approximate surface area is 148 Å². The van der Waals surface area contributed by atoms with Crippen molar-refractivity contribution in [2.75, 3.05) is 12.4 Å². The van der Waals surface area contributed by atoms with Crippen LogP contribution in [0.3, 0.4) is 0 Å². The quantitative estimate of drug-likeness (QED) is 0.578. The standard InChI is InChI=1S/C20H26O3S/c1-5-23-19(22)8-9-24-18-12-15-7-6-14(13-20(2,3)4)10-16(15)11-17(18)21/h6-7,10-12,21H,5,8-9,13H2,1-4H3. The second-order valence-corrected chi connectivity index (χ2v) is 8.28. The van der Waals surface area contributed by atoms with E-state index in [4.69, 9.17) is 4.74 Å². The summed E-state index contributed by atoms with van der Waals surface area (Å²) in [4.78, 5) is 12.2. The van der Waals surface area contributed by atoms with Crippen molar-refractivity contribution in [2.24, 2.45) is 5.41 Å². The topological polar surface area (TPSA) is 46.5 Å². The fraction of sp³-hybridized carbons (Fsp3) is 0.450. The zero-order valence-electron chi connectivity index (χ0n) is 14.9. The van der Waals surface area contributed by atoms with Crippen LogP contribution in [0.4, 0.5) is 0 Å². The lowest BCUT2D eigenvalue weighted by molar-refractivity contribution is -0.142. The Bertz CT molecular complexity index is 717. The molecule has 0 aliphatic heterocycles. The summed E-state index contributed by atoms with van der Waals surface area (Å²) in [6.07, 6.45) is 1.35. The third-order valence-electron chi connectivity index (χ3n) is 3.59. The molecule has 0 saturated carbocycles. The number of thioether (sulfide) groups is 1. The smallest absolute Gasteiger partial charge is 0.306 e. The van der Waals surface area contributed by atoms with Crippen LogP contribution in [0.15, 0.2) is 35.2 Å². The van der Waals surface area contributed by atoms with Gasteiger partial charge in [0.25, 0.3) is 0 Å². The SMILES string of the molecule is CCOC(=O)CCSc1cc2ccc(CC(C)(C)C)cc2cc1O. The molecule has 0 fully saturated rings. The first kappa shape index (κ1) is 18.7. The Balaban J connectivity index is 2.12. The van der Waals surface area contributed by atoms with Gasteiger partial charge < -0.3 is 9.84 Å². The molecule has 0 aromatic heterocycles. The summed E-state index contributed by atoms with van der Waals surface area (Å²) in [6.45, 7) is 8.86. The zero-order chi connectivity index (χ0) is 17.7. The maximum absolute atomic E-state index is 11.4. The van der Waals surface area contributed by atoms with E-state index < -0.39 is 0 Å². The fourth-order valence-electron chi connectivity index (χ4n) is 2.63. The lowest BCUT2D eigenvalue weighted by atomic mass is 9.87. The molecule has 2 aromatic rings. The van der Waals surface area contributed by atoms with Gasteiger partial charge in [-0.25, -0.2) is 0 Å². The molecule has 0 saturated heterocycles. The summed E-state index contributed by atoms with van der Waals surface area (Å²) in [5, 5.41) is 12.4. The van der Waals surface area contributed by atoms with Gasteiger partial charge in [0.2, 0.25) is 0 Å². The van der Waals surface area contributed by atoms with E-state index in [0.717, 1.165) is 22.1 Å². The maximum atomic E-state index is 11.4. The van der Waals surface area contributed by atoms with Crippen molar-refractivity contribution in [3.8, 4) is 5.75 Å². The van der Waals surface area contributed by atoms with Crippen LogP contribution in [0.1, 0.15) is 39.7 Å². The number of benzene rings is 2. The average molecular weight is 346 g/mol. The van der Waals surface area contributed by atoms with E-state index in [1.165, 1.54) is 17.3 Å². The van der Waals surface area contributed by atoms with E-state index in [0.29, 0.717) is 18.8 Å². The molecule has 2 aromatic carbocycles. The molecule has 0 bridgehead atoms. The molecule has 3 nitrogen and oxygen atoms in total. The van der Waals surface area contributed by atoms with Crippen molar-refractivity contribution < 1.29 is 14.6 Å². The second-order valence-electron chi connectivity index (χ2n) is 7.14. The zero-order valence-corrected chi connectivity index (χ0v) is 15.7. The van der Waals surface area contributed by atoms with Crippen molar-refractivity contribution in [2.45, 2.75) is 45.4 Å². The van der Waals surface area contributed by atoms with Crippen molar-refractivity contribution in [1.82, 2.24) is 0 Å². The largest absolute Gasteiger partial charge is 0.507 e. The minimum absolute atomic E-state index is 0.197. The van der Waals surface area contributed by atoms with Gasteiger partial charge in [0.1, 0.15) is 5.75 Å². The number of rotatable bonds is 6. The minimum atomic E-state index is -0.197. The first-order chi connectivity index (χ1) is 11.3. The summed E-state index contributed by atoms with van der Waals surface area (Å²) in [7, 11) is 0. The number of fused-ring (bicyclic) bond motifs is 1. The molecule has 0 aliphatic rings. The number of hydrogen-bond acceptors (Lipinski definition) is 4. The van der Waals surface area contributed by atoms with E-state index in [1.54, 1.807) is 6.92 Å². The van der Waals surface area contributed by atoms with Crippen molar-refractivity contribution in [1.29, 1.82) is 0 Å². The summed E-state index contributed by atoms with van der Waals surface area (Å²) in [6, 6.07) is 10.2. The number of phenols is 1. The van der Waals surface area contributed by atoms with Gasteiger partial charge >= 0.3 is 5.97 Å². The Morgan fingerprint density at radius 3 is 2.58 bits per heavy atom. The molecule has 2 rings (SSSR count). The summed E-state index contributed by atoms with van der Waals surface area (Å²) >= 11 is 1.48. The van der Waals surface area contributed by atoms with Gasteiger partial charge in [-0.1, -0.05) is 39.0 Å². The third kappa shape index (κ3) is 5.45. The molecule has 0 unspecified atom stereocenters. The molecule has 0 radical (unpaired) electrons. The van der Waals surface area contributed by atoms with Gasteiger partial charge in [-0.3, -0.25) is 4.79 Å². The highest BCUT2D eigenvalue weighted by Crippen LogP contribution is 2.34. The van der Waals surface area contributed by atoms with E-state index in [-0.39, 0.29) is 17.1 Å². The van der Waals surface area contributed by atoms with Crippen molar-refractivity contribution >= 4 is 28.5 Å². The highest BCUT2D eigenvalue weighted by molar-refractivity contribution is 7.99. The van der Waals surface area contributed by atoms with Crippen LogP contribution in [-0.4, -0.2) is 23.4 Å². The number of carbonyl (C=O) groups is 1. The lowest BCUT2D eigenvalue weighted by Gasteiger charge is -2.18. The predicted molar refractivity (Wildman–Crippen MR) is 101 cm³/mol. The van der Waals surface area contributed by atoms with Crippen LogP contribution in [-0.2, 0) is 16.0 Å². The Hall–Kier alpha value is -1.68. The van der Waals surface area contributed by atoms with Gasteiger partial charge in [-0.05, 0) is 47.2 Å². The second kappa shape index (κ2) is 7.93. The van der Waals surface area contributed by atoms with Gasteiger partial charge in [-0.15, -0.1) is 11.8 Å². The lowest BCUT2D eigenvalue weighted by Crippen LogP contribution is -2.08. The molecule has 1 N–H and O–H groups in total. The monoisotopic (exact) mass is 346 g/mol. The van der Waals surface area contributed by atoms with E-state index in [2.05, 4.69) is 39.0 Å². The molecule has 0 atom stereocenters. The van der Waals surface area contributed by atoms with E-state index in [9.17, 15) is 9.90 Å². The van der Waals surface area contributed by atoms with Gasteiger partial charge in [-0.2, -0.15) is 0 Å². The number of carbonyl (C=O) groups excluding carboxylic acids is 1. The fourth-order valence-corrected chi connectivity index (χ4v) is 3.54. The summed E-state index contributed by atoms with van der Waals surface area (Å²) in [5.41, 5.74) is 1.51. The Morgan fingerprint density at radius 1 is 1.17 bits per heavy atom. The molecule has 0 heterocycles. The number of esters is 1. The van der Waals surface area contributed by atoms with Gasteiger partial charge in [0.05, 0.1) is 13.0 Å². The van der Waals surface area contributed by atoms with Gasteiger partial charge in [0.15, 0.2) is 0 Å². The summed E-state index contributed by atoms with van der Waals surface area (Å²) in [5.74, 6) is 0.668. The van der Waals surface area contributed by atoms with Crippen molar-refractivity contribution in [3.05, 3.63) is 35.9 Å². The number of hydrogen-bond donors (Lipinski definition) is 1. The first-order valence-electron chi connectivity index (χ1n) is 8.32. The molecular formula is C20H26O3S. The summed E-state index contributed by atoms with van der Waals surface area (Å²) < 4.78 is 4.92. The normalized spacial score (nSPS) is 11.7. The highest BCUT2D eigenvalue weighted by atomic mass is 32.2. The molecule has 0 spiro atoms. The predicted octanol–water partition coefficient (Wildman–Crippen LogP) is 5.18. The van der Waals surface area contributed by atoms with E-state index >= 15 is 0 Å². The van der Waals surface area contributed by atoms with Crippen LogP contribution >= 0.6 is 11.8 Å². The molecule has 24 heavy (non-hydrogen) atoms. The molecular weight excluding hydrogens is 320 g/mol. The molecule has 130 valence electrons. The van der Waals surface area contributed by atoms with Crippen LogP contribution in [0, 0.1) is 5.41 Å². The van der Waals surface area contributed by atoms with Crippen LogP contribution in [0.5, 0.6) is 5.75 Å². The van der Waals surface area contributed by atoms with Crippen LogP contribution in [0.25, 0.3) is 10.8 Å². The highest BCUT2D eigenvalue weighted by Gasteiger charge is 2.12. The van der Waals surface area contributed by atoms with Crippen LogP contribution < -0.4 is 0 Å². The number of ether oxygens (including phenoxy) is 1. The van der Waals surface area contributed by atoms with E-state index in [1.807, 2.05) is 12.1 Å². The Morgan fingerprint density at radius 2 is 1.92 bits per heavy atom. The molecule has 0 aliphatic carbocycles. The minimum Gasteiger partial charge on any atom is -0.507 e. The Kier molecular flexibility index (Phi) is 6.16. The third-order valence-corrected chi connectivity index (χ3v) is 4.63. The van der Waals surface area contributed by atoms with Crippen LogP contribution in [0.2, 0.25) is 0 Å². The number of phenolic OH excluding ortho intramolecular Hbond substituents is 1. The molecule has 4 heteroatoms. The molecule has 0 amide bonds. The van der Waals surface area contributed by atoms with Crippen molar-refractivity contribution in [3.63, 3.8) is 0 Å². The van der Waals surface area contributed by atoms with Gasteiger partial charge in [0, 0.05) is 10.6 Å². The maximum Gasteiger partial charge on any atom is 0.306 e. The average Bonchev–Trinajstić information content (AvgIpc) is 2.46.